The van der Waals surface area contributed by atoms with Gasteiger partial charge < -0.3 is 15.5 Å². The zero-order chi connectivity index (χ0) is 18.3. The number of hydrogen-bond donors (Lipinski definition) is 1. The Morgan fingerprint density at radius 3 is 2.65 bits per heavy atom. The molecule has 5 heteroatoms. The number of pyridine rings is 1. The minimum atomic E-state index is -0.0155. The van der Waals surface area contributed by atoms with Gasteiger partial charge >= 0.3 is 0 Å². The van der Waals surface area contributed by atoms with Gasteiger partial charge in [-0.15, -0.1) is 0 Å². The number of likely N-dealkylation sites (N-methyl/N-ethyl adjacent to an activating group) is 1. The lowest BCUT2D eigenvalue weighted by Gasteiger charge is -2.41. The summed E-state index contributed by atoms with van der Waals surface area (Å²) in [6.45, 7) is 1.88. The highest BCUT2D eigenvalue weighted by Crippen LogP contribution is 2.52. The molecule has 0 saturated carbocycles. The van der Waals surface area contributed by atoms with E-state index < -0.39 is 0 Å². The molecule has 136 valence electrons. The quantitative estimate of drug-likeness (QED) is 0.905. The number of hydrogen-bond acceptors (Lipinski definition) is 4. The summed E-state index contributed by atoms with van der Waals surface area (Å²) in [4.78, 5) is 21.3. The molecule has 4 rings (SSSR count). The smallest absolute Gasteiger partial charge is 0.229 e. The van der Waals surface area contributed by atoms with Crippen LogP contribution in [-0.4, -0.2) is 43.0 Å². The molecule has 0 bridgehead atoms. The van der Waals surface area contributed by atoms with Gasteiger partial charge in [-0.3, -0.25) is 4.79 Å². The van der Waals surface area contributed by atoms with Crippen molar-refractivity contribution in [1.29, 1.82) is 0 Å². The fourth-order valence-corrected chi connectivity index (χ4v) is 4.67. The number of nitrogens with zero attached hydrogens (tertiary/aromatic N) is 3. The lowest BCUT2D eigenvalue weighted by Crippen LogP contribution is -2.42. The number of carbonyl (C=O) groups excluding carboxylic acids is 1. The first-order valence-electron chi connectivity index (χ1n) is 9.27. The molecular formula is C21H26N4O. The normalized spacial score (nSPS) is 20.8. The fourth-order valence-electron chi connectivity index (χ4n) is 4.67. The van der Waals surface area contributed by atoms with Crippen LogP contribution >= 0.6 is 0 Å². The van der Waals surface area contributed by atoms with Crippen molar-refractivity contribution in [2.75, 3.05) is 37.8 Å². The number of nitrogen functional groups attached to an aromatic ring is 1. The molecule has 5 nitrogen and oxygen atoms in total. The third-order valence-electron chi connectivity index (χ3n) is 6.06. The van der Waals surface area contributed by atoms with Gasteiger partial charge in [-0.25, -0.2) is 4.98 Å². The van der Waals surface area contributed by atoms with Crippen LogP contribution in [0.25, 0.3) is 0 Å². The molecule has 1 aromatic carbocycles. The van der Waals surface area contributed by atoms with Gasteiger partial charge in [-0.05, 0) is 36.5 Å². The van der Waals surface area contributed by atoms with Gasteiger partial charge in [0.15, 0.2) is 0 Å². The summed E-state index contributed by atoms with van der Waals surface area (Å²) in [5, 5.41) is 0. The van der Waals surface area contributed by atoms with E-state index in [4.69, 9.17) is 5.73 Å². The average Bonchev–Trinajstić information content (AvgIpc) is 2.96. The second-order valence-corrected chi connectivity index (χ2v) is 7.79. The molecule has 1 spiro atoms. The average molecular weight is 350 g/mol. The highest BCUT2D eigenvalue weighted by Gasteiger charge is 2.47. The Morgan fingerprint density at radius 2 is 1.96 bits per heavy atom. The van der Waals surface area contributed by atoms with Gasteiger partial charge in [0.2, 0.25) is 5.91 Å². The maximum Gasteiger partial charge on any atom is 0.229 e. The Bertz CT molecular complexity index is 824. The first-order valence-corrected chi connectivity index (χ1v) is 9.27. The Kier molecular flexibility index (Phi) is 4.10. The van der Waals surface area contributed by atoms with E-state index in [1.165, 1.54) is 11.1 Å². The first kappa shape index (κ1) is 16.9. The van der Waals surface area contributed by atoms with Gasteiger partial charge in [0.1, 0.15) is 5.82 Å². The maximum atomic E-state index is 12.7. The van der Waals surface area contributed by atoms with Gasteiger partial charge in [-0.2, -0.15) is 0 Å². The van der Waals surface area contributed by atoms with Crippen molar-refractivity contribution in [1.82, 2.24) is 9.88 Å². The molecule has 1 amide bonds. The highest BCUT2D eigenvalue weighted by atomic mass is 16.2. The molecule has 1 aromatic heterocycles. The van der Waals surface area contributed by atoms with E-state index in [2.05, 4.69) is 34.1 Å². The van der Waals surface area contributed by atoms with Crippen molar-refractivity contribution < 1.29 is 4.79 Å². The molecule has 1 aliphatic heterocycles. The van der Waals surface area contributed by atoms with Gasteiger partial charge in [0, 0.05) is 50.6 Å². The number of piperidine rings is 1. The number of anilines is 2. The van der Waals surface area contributed by atoms with Crippen LogP contribution in [0.5, 0.6) is 0 Å². The number of nitrogens with two attached hydrogens (primary N) is 1. The molecule has 2 aliphatic rings. The van der Waals surface area contributed by atoms with Crippen LogP contribution in [0.4, 0.5) is 11.5 Å². The monoisotopic (exact) mass is 350 g/mol. The fraction of sp³-hybridized carbons (Fsp3) is 0.429. The maximum absolute atomic E-state index is 12.7. The van der Waals surface area contributed by atoms with Crippen LogP contribution in [0.3, 0.4) is 0 Å². The third kappa shape index (κ3) is 2.71. The molecule has 1 atom stereocenters. The van der Waals surface area contributed by atoms with E-state index in [-0.39, 0.29) is 17.2 Å². The van der Waals surface area contributed by atoms with Crippen LogP contribution in [-0.2, 0) is 10.2 Å². The molecule has 2 N–H and O–H groups in total. The molecular weight excluding hydrogens is 324 g/mol. The van der Waals surface area contributed by atoms with E-state index >= 15 is 0 Å². The third-order valence-corrected chi connectivity index (χ3v) is 6.06. The molecule has 1 fully saturated rings. The Balaban J connectivity index is 1.60. The van der Waals surface area contributed by atoms with Gasteiger partial charge in [0.05, 0.1) is 5.92 Å². The molecule has 2 heterocycles. The van der Waals surface area contributed by atoms with Crippen LogP contribution in [0, 0.1) is 0 Å². The van der Waals surface area contributed by atoms with Crippen molar-refractivity contribution in [3.63, 3.8) is 0 Å². The van der Waals surface area contributed by atoms with E-state index in [1.54, 1.807) is 11.1 Å². The number of fused-ring (bicyclic) bond motifs is 2. The lowest BCUT2D eigenvalue weighted by molar-refractivity contribution is -0.130. The summed E-state index contributed by atoms with van der Waals surface area (Å²) >= 11 is 0. The van der Waals surface area contributed by atoms with Crippen LogP contribution in [0.15, 0.2) is 42.6 Å². The van der Waals surface area contributed by atoms with Crippen LogP contribution in [0.2, 0.25) is 0 Å². The molecule has 1 saturated heterocycles. The van der Waals surface area contributed by atoms with Gasteiger partial charge in [0.25, 0.3) is 0 Å². The second-order valence-electron chi connectivity index (χ2n) is 7.79. The van der Waals surface area contributed by atoms with Crippen molar-refractivity contribution in [2.24, 2.45) is 0 Å². The molecule has 0 radical (unpaired) electrons. The number of benzene rings is 1. The van der Waals surface area contributed by atoms with E-state index in [0.29, 0.717) is 0 Å². The Labute approximate surface area is 154 Å². The number of aromatic nitrogens is 1. The van der Waals surface area contributed by atoms with E-state index in [0.717, 1.165) is 43.9 Å². The van der Waals surface area contributed by atoms with Crippen LogP contribution < -0.4 is 10.6 Å². The molecule has 26 heavy (non-hydrogen) atoms. The summed E-state index contributed by atoms with van der Waals surface area (Å²) in [5.41, 5.74) is 9.36. The minimum Gasteiger partial charge on any atom is -0.399 e. The number of amides is 1. The van der Waals surface area contributed by atoms with Crippen LogP contribution in [0.1, 0.15) is 36.3 Å². The van der Waals surface area contributed by atoms with Crippen molar-refractivity contribution in [3.05, 3.63) is 53.7 Å². The standard InChI is InChI=1S/C21H26N4O/c1-24(2)20(26)17-14-21(18-6-4-3-5-16(17)18)8-11-25(12-9-21)19-13-15(22)7-10-23-19/h3-7,10,13,17H,8-9,11-12,14H2,1-2H3,(H2,22,23). The van der Waals surface area contributed by atoms with Crippen molar-refractivity contribution in [3.8, 4) is 0 Å². The molecule has 2 aromatic rings. The van der Waals surface area contributed by atoms with Crippen molar-refractivity contribution >= 4 is 17.4 Å². The van der Waals surface area contributed by atoms with Gasteiger partial charge in [-0.1, -0.05) is 24.3 Å². The first-order chi connectivity index (χ1) is 12.5. The van der Waals surface area contributed by atoms with Crippen molar-refractivity contribution in [2.45, 2.75) is 30.6 Å². The summed E-state index contributed by atoms with van der Waals surface area (Å²) in [6.07, 6.45) is 4.77. The Hall–Kier alpha value is -2.56. The van der Waals surface area contributed by atoms with E-state index in [1.807, 2.05) is 26.2 Å². The highest BCUT2D eigenvalue weighted by molar-refractivity contribution is 5.85. The molecule has 1 aliphatic carbocycles. The predicted octanol–water partition coefficient (Wildman–Crippen LogP) is 2.78. The SMILES string of the molecule is CN(C)C(=O)C1CC2(CCN(c3cc(N)ccn3)CC2)c2ccccc21. The molecule has 1 unspecified atom stereocenters. The largest absolute Gasteiger partial charge is 0.399 e. The topological polar surface area (TPSA) is 62.5 Å². The summed E-state index contributed by atoms with van der Waals surface area (Å²) < 4.78 is 0. The minimum absolute atomic E-state index is 0.0155. The predicted molar refractivity (Wildman–Crippen MR) is 104 cm³/mol. The van der Waals surface area contributed by atoms with E-state index in [9.17, 15) is 4.79 Å². The Morgan fingerprint density at radius 1 is 1.23 bits per heavy atom. The summed E-state index contributed by atoms with van der Waals surface area (Å²) in [5.74, 6) is 1.15. The lowest BCUT2D eigenvalue weighted by atomic mass is 9.73. The summed E-state index contributed by atoms with van der Waals surface area (Å²) in [7, 11) is 3.70. The number of carbonyl (C=O) groups is 1. The number of rotatable bonds is 2. The zero-order valence-electron chi connectivity index (χ0n) is 15.5. The zero-order valence-corrected chi connectivity index (χ0v) is 15.5. The summed E-state index contributed by atoms with van der Waals surface area (Å²) in [6, 6.07) is 12.3. The second kappa shape index (κ2) is 6.31.